The number of piperidine rings is 1. The van der Waals surface area contributed by atoms with Crippen molar-refractivity contribution in [2.45, 2.75) is 31.6 Å². The van der Waals surface area contributed by atoms with Gasteiger partial charge in [0.25, 0.3) is 5.91 Å². The van der Waals surface area contributed by atoms with Crippen molar-refractivity contribution in [3.63, 3.8) is 0 Å². The lowest BCUT2D eigenvalue weighted by molar-refractivity contribution is 0.102. The predicted molar refractivity (Wildman–Crippen MR) is 92.8 cm³/mol. The Morgan fingerprint density at radius 3 is 2.44 bits per heavy atom. The second-order valence-electron chi connectivity index (χ2n) is 6.39. The van der Waals surface area contributed by atoms with E-state index in [1.807, 2.05) is 0 Å². The zero-order valence-corrected chi connectivity index (χ0v) is 15.0. The average molecular weight is 363 g/mol. The quantitative estimate of drug-likeness (QED) is 0.901. The minimum atomic E-state index is -3.51. The van der Waals surface area contributed by atoms with E-state index in [0.29, 0.717) is 36.1 Å². The fraction of sp³-hybridized carbons (Fsp3) is 0.412. The second kappa shape index (κ2) is 6.97. The van der Waals surface area contributed by atoms with E-state index in [9.17, 15) is 13.2 Å². The number of nitrogens with one attached hydrogen (secondary N) is 1. The van der Waals surface area contributed by atoms with Crippen LogP contribution >= 0.6 is 0 Å². The van der Waals surface area contributed by atoms with E-state index in [1.54, 1.807) is 13.0 Å². The summed E-state index contributed by atoms with van der Waals surface area (Å²) in [5, 5.41) is 6.30. The summed E-state index contributed by atoms with van der Waals surface area (Å²) in [6, 6.07) is 7.55. The Labute approximate surface area is 147 Å². The van der Waals surface area contributed by atoms with Crippen molar-refractivity contribution < 1.29 is 17.7 Å². The van der Waals surface area contributed by atoms with Gasteiger partial charge in [-0.3, -0.25) is 4.79 Å². The molecule has 8 heteroatoms. The Morgan fingerprint density at radius 1 is 1.24 bits per heavy atom. The van der Waals surface area contributed by atoms with E-state index < -0.39 is 10.0 Å². The van der Waals surface area contributed by atoms with Gasteiger partial charge in [0, 0.05) is 24.7 Å². The molecule has 1 amide bonds. The van der Waals surface area contributed by atoms with Crippen LogP contribution in [-0.2, 0) is 10.0 Å². The van der Waals surface area contributed by atoms with Crippen molar-refractivity contribution in [2.24, 2.45) is 5.92 Å². The first-order valence-corrected chi connectivity index (χ1v) is 9.65. The van der Waals surface area contributed by atoms with Gasteiger partial charge in [-0.2, -0.15) is 4.31 Å². The van der Waals surface area contributed by atoms with Gasteiger partial charge in [0.1, 0.15) is 5.76 Å². The van der Waals surface area contributed by atoms with E-state index in [1.165, 1.54) is 28.6 Å². The first-order chi connectivity index (χ1) is 11.9. The summed E-state index contributed by atoms with van der Waals surface area (Å²) >= 11 is 0. The highest BCUT2D eigenvalue weighted by atomic mass is 32.2. The summed E-state index contributed by atoms with van der Waals surface area (Å²) in [4.78, 5) is 12.4. The summed E-state index contributed by atoms with van der Waals surface area (Å²) < 4.78 is 31.7. The third-order valence-electron chi connectivity index (χ3n) is 4.37. The fourth-order valence-corrected chi connectivity index (χ4v) is 4.24. The lowest BCUT2D eigenvalue weighted by Gasteiger charge is -2.29. The molecule has 0 saturated carbocycles. The molecule has 7 nitrogen and oxygen atoms in total. The van der Waals surface area contributed by atoms with Crippen LogP contribution in [0.15, 0.2) is 39.8 Å². The van der Waals surface area contributed by atoms with Crippen LogP contribution in [0.1, 0.15) is 35.9 Å². The molecule has 2 heterocycles. The molecule has 2 aromatic rings. The highest BCUT2D eigenvalue weighted by Crippen LogP contribution is 2.23. The predicted octanol–water partition coefficient (Wildman–Crippen LogP) is 2.66. The van der Waals surface area contributed by atoms with Crippen molar-refractivity contribution in [1.29, 1.82) is 0 Å². The average Bonchev–Trinajstić information content (AvgIpc) is 3.00. The number of hydrogen-bond donors (Lipinski definition) is 1. The first-order valence-electron chi connectivity index (χ1n) is 8.21. The van der Waals surface area contributed by atoms with Gasteiger partial charge in [-0.1, -0.05) is 12.1 Å². The standard InChI is InChI=1S/C17H21N3O4S/c1-12-7-9-20(10-8-12)25(22,23)15-5-3-14(4-6-15)17(21)18-16-11-13(2)24-19-16/h3-6,11-12H,7-10H2,1-2H3,(H,18,19,21). The Balaban J connectivity index is 1.72. The number of amides is 1. The largest absolute Gasteiger partial charge is 0.360 e. The highest BCUT2D eigenvalue weighted by molar-refractivity contribution is 7.89. The SMILES string of the molecule is Cc1cc(NC(=O)c2ccc(S(=O)(=O)N3CCC(C)CC3)cc2)no1. The topological polar surface area (TPSA) is 92.5 Å². The van der Waals surface area contributed by atoms with Crippen LogP contribution in [-0.4, -0.2) is 36.9 Å². The van der Waals surface area contributed by atoms with Crippen molar-refractivity contribution in [1.82, 2.24) is 9.46 Å². The van der Waals surface area contributed by atoms with E-state index in [0.717, 1.165) is 12.8 Å². The molecule has 0 unspecified atom stereocenters. The lowest BCUT2D eigenvalue weighted by atomic mass is 10.0. The number of rotatable bonds is 4. The van der Waals surface area contributed by atoms with Gasteiger partial charge in [0.2, 0.25) is 10.0 Å². The van der Waals surface area contributed by atoms with E-state index in [4.69, 9.17) is 4.52 Å². The van der Waals surface area contributed by atoms with Gasteiger partial charge >= 0.3 is 0 Å². The van der Waals surface area contributed by atoms with Crippen LogP contribution in [0.5, 0.6) is 0 Å². The Hall–Kier alpha value is -2.19. The lowest BCUT2D eigenvalue weighted by Crippen LogP contribution is -2.37. The van der Waals surface area contributed by atoms with Gasteiger partial charge < -0.3 is 9.84 Å². The summed E-state index contributed by atoms with van der Waals surface area (Å²) in [5.74, 6) is 1.09. The third kappa shape index (κ3) is 3.91. The molecule has 0 radical (unpaired) electrons. The third-order valence-corrected chi connectivity index (χ3v) is 6.28. The van der Waals surface area contributed by atoms with Crippen LogP contribution in [0.4, 0.5) is 5.82 Å². The first kappa shape index (κ1) is 17.6. The van der Waals surface area contributed by atoms with E-state index in [2.05, 4.69) is 17.4 Å². The normalized spacial score (nSPS) is 16.7. The Bertz CT molecular complexity index is 850. The highest BCUT2D eigenvalue weighted by Gasteiger charge is 2.28. The van der Waals surface area contributed by atoms with Gasteiger partial charge in [-0.15, -0.1) is 0 Å². The van der Waals surface area contributed by atoms with Crippen molar-refractivity contribution in [2.75, 3.05) is 18.4 Å². The Kier molecular flexibility index (Phi) is 4.91. The smallest absolute Gasteiger partial charge is 0.256 e. The van der Waals surface area contributed by atoms with Crippen molar-refractivity contribution in [3.8, 4) is 0 Å². The van der Waals surface area contributed by atoms with Gasteiger partial charge in [-0.05, 0) is 49.9 Å². The fourth-order valence-electron chi connectivity index (χ4n) is 2.77. The Morgan fingerprint density at radius 2 is 1.88 bits per heavy atom. The number of aromatic nitrogens is 1. The van der Waals surface area contributed by atoms with Gasteiger partial charge in [0.05, 0.1) is 4.90 Å². The molecular formula is C17H21N3O4S. The molecule has 1 saturated heterocycles. The molecule has 25 heavy (non-hydrogen) atoms. The number of carbonyl (C=O) groups excluding carboxylic acids is 1. The molecule has 1 fully saturated rings. The van der Waals surface area contributed by atoms with Crippen LogP contribution in [0, 0.1) is 12.8 Å². The molecule has 1 aromatic carbocycles. The summed E-state index contributed by atoms with van der Waals surface area (Å²) in [7, 11) is -3.51. The molecular weight excluding hydrogens is 342 g/mol. The molecule has 0 spiro atoms. The number of aryl methyl sites for hydroxylation is 1. The maximum Gasteiger partial charge on any atom is 0.256 e. The van der Waals surface area contributed by atoms with Crippen LogP contribution in [0.25, 0.3) is 0 Å². The molecule has 1 aliphatic heterocycles. The van der Waals surface area contributed by atoms with Crippen LogP contribution in [0.3, 0.4) is 0 Å². The van der Waals surface area contributed by atoms with Crippen LogP contribution < -0.4 is 5.32 Å². The summed E-state index contributed by atoms with van der Waals surface area (Å²) in [6.45, 7) is 4.94. The van der Waals surface area contributed by atoms with Gasteiger partial charge in [-0.25, -0.2) is 8.42 Å². The maximum atomic E-state index is 12.7. The molecule has 0 atom stereocenters. The van der Waals surface area contributed by atoms with Gasteiger partial charge in [0.15, 0.2) is 5.82 Å². The molecule has 1 aliphatic rings. The van der Waals surface area contributed by atoms with Crippen molar-refractivity contribution in [3.05, 3.63) is 41.7 Å². The van der Waals surface area contributed by atoms with E-state index in [-0.39, 0.29) is 10.8 Å². The summed E-state index contributed by atoms with van der Waals surface area (Å²) in [6.07, 6.45) is 1.74. The zero-order chi connectivity index (χ0) is 18.0. The van der Waals surface area contributed by atoms with E-state index >= 15 is 0 Å². The molecule has 134 valence electrons. The minimum Gasteiger partial charge on any atom is -0.360 e. The minimum absolute atomic E-state index is 0.205. The number of nitrogens with zero attached hydrogens (tertiary/aromatic N) is 2. The molecule has 0 bridgehead atoms. The number of hydrogen-bond acceptors (Lipinski definition) is 5. The number of anilines is 1. The molecule has 0 aliphatic carbocycles. The molecule has 3 rings (SSSR count). The summed E-state index contributed by atoms with van der Waals surface area (Å²) in [5.41, 5.74) is 0.354. The molecule has 1 aromatic heterocycles. The van der Waals surface area contributed by atoms with Crippen LogP contribution in [0.2, 0.25) is 0 Å². The van der Waals surface area contributed by atoms with Crippen molar-refractivity contribution >= 4 is 21.7 Å². The second-order valence-corrected chi connectivity index (χ2v) is 8.33. The number of carbonyl (C=O) groups is 1. The number of benzene rings is 1. The number of sulfonamides is 1. The zero-order valence-electron chi connectivity index (χ0n) is 14.2. The maximum absolute atomic E-state index is 12.7. The molecule has 1 N–H and O–H groups in total. The monoisotopic (exact) mass is 363 g/mol.